The van der Waals surface area contributed by atoms with Gasteiger partial charge in [0.15, 0.2) is 0 Å². The summed E-state index contributed by atoms with van der Waals surface area (Å²) in [6, 6.07) is 32.9. The maximum atomic E-state index is 13.3. The van der Waals surface area contributed by atoms with Crippen molar-refractivity contribution in [3.63, 3.8) is 0 Å². The number of hydrogen-bond donors (Lipinski definition) is 0. The van der Waals surface area contributed by atoms with Crippen LogP contribution in [0, 0.1) is 25.7 Å². The Balaban J connectivity index is 0.000000172. The lowest BCUT2D eigenvalue weighted by Crippen LogP contribution is -2.39. The summed E-state index contributed by atoms with van der Waals surface area (Å²) >= 11 is 0. The summed E-state index contributed by atoms with van der Waals surface area (Å²) in [5.74, 6) is -1.41. The van der Waals surface area contributed by atoms with Gasteiger partial charge < -0.3 is 9.47 Å². The average molecular weight is 795 g/mol. The van der Waals surface area contributed by atoms with Gasteiger partial charge in [0.2, 0.25) is 20.0 Å². The molecule has 292 valence electrons. The van der Waals surface area contributed by atoms with Gasteiger partial charge in [0.05, 0.1) is 22.9 Å². The number of ether oxygens (including phenoxy) is 2. The number of benzene rings is 4. The standard InChI is InChI=1S/2C22H23NO4S/c2*1-15-8-11-18(12-9-15)28(25,26)23-14-20-21(16(2)22(24)27-20)19(23)13-10-17-6-4-3-5-7-17/h2*3-9,11-12,19-21H,2,10,13-14H2,1H3/t2*19-,20-,21-/m10/s1. The van der Waals surface area contributed by atoms with E-state index in [2.05, 4.69) is 13.2 Å². The molecule has 4 aliphatic heterocycles. The zero-order valence-electron chi connectivity index (χ0n) is 31.5. The predicted octanol–water partition coefficient (Wildman–Crippen LogP) is 6.20. The second-order valence-electron chi connectivity index (χ2n) is 14.9. The molecule has 0 N–H and O–H groups in total. The van der Waals surface area contributed by atoms with E-state index in [0.29, 0.717) is 24.0 Å². The Morgan fingerprint density at radius 2 is 0.893 bits per heavy atom. The number of carbonyl (C=O) groups excluding carboxylic acids is 2. The van der Waals surface area contributed by atoms with Crippen LogP contribution in [0.3, 0.4) is 0 Å². The molecule has 4 aromatic carbocycles. The molecular formula is C44H46N2O8S2. The highest BCUT2D eigenvalue weighted by molar-refractivity contribution is 7.89. The van der Waals surface area contributed by atoms with Crippen LogP contribution in [-0.4, -0.2) is 74.8 Å². The number of esters is 2. The van der Waals surface area contributed by atoms with Crippen molar-refractivity contribution in [3.8, 4) is 0 Å². The van der Waals surface area contributed by atoms with Gasteiger partial charge in [-0.3, -0.25) is 0 Å². The quantitative estimate of drug-likeness (QED) is 0.137. The molecule has 0 aromatic heterocycles. The van der Waals surface area contributed by atoms with Gasteiger partial charge in [0, 0.05) is 35.1 Å². The summed E-state index contributed by atoms with van der Waals surface area (Å²) in [6.45, 7) is 12.0. The number of sulfonamides is 2. The summed E-state index contributed by atoms with van der Waals surface area (Å²) in [7, 11) is -7.38. The van der Waals surface area contributed by atoms with Gasteiger partial charge in [0.25, 0.3) is 0 Å². The highest BCUT2D eigenvalue weighted by Crippen LogP contribution is 2.44. The third-order valence-electron chi connectivity index (χ3n) is 11.3. The van der Waals surface area contributed by atoms with Gasteiger partial charge in [0.1, 0.15) is 12.2 Å². The van der Waals surface area contributed by atoms with E-state index in [0.717, 1.165) is 35.1 Å². The number of hydrogen-bond acceptors (Lipinski definition) is 8. The zero-order valence-corrected chi connectivity index (χ0v) is 33.1. The SMILES string of the molecule is C=C1C(=O)O[C@@H]2CN(S(=O)(=O)c3ccc(C)cc3)[C@H](CCc3ccccc3)[C@@H]12.C=C1C(=O)O[C@H]2CN(S(=O)(=O)c3ccc(C)cc3)[C@@H](CCc3ccccc3)[C@H]12. The van der Waals surface area contributed by atoms with Crippen molar-refractivity contribution in [2.24, 2.45) is 11.8 Å². The molecule has 8 rings (SSSR count). The van der Waals surface area contributed by atoms with E-state index in [4.69, 9.17) is 9.47 Å². The van der Waals surface area contributed by atoms with E-state index < -0.39 is 44.2 Å². The van der Waals surface area contributed by atoms with Gasteiger partial charge in [-0.15, -0.1) is 0 Å². The molecule has 4 aromatic rings. The first-order valence-corrected chi connectivity index (χ1v) is 21.7. The maximum Gasteiger partial charge on any atom is 0.334 e. The van der Waals surface area contributed by atoms with Crippen molar-refractivity contribution in [1.29, 1.82) is 0 Å². The summed E-state index contributed by atoms with van der Waals surface area (Å²) in [4.78, 5) is 24.5. The Kier molecular flexibility index (Phi) is 11.2. The first-order valence-electron chi connectivity index (χ1n) is 18.8. The number of aryl methyl sites for hydroxylation is 4. The molecule has 0 aliphatic carbocycles. The first-order chi connectivity index (χ1) is 26.8. The van der Waals surface area contributed by atoms with Gasteiger partial charge in [-0.05, 0) is 74.9 Å². The topological polar surface area (TPSA) is 127 Å². The molecule has 0 amide bonds. The van der Waals surface area contributed by atoms with Crippen molar-refractivity contribution < 1.29 is 35.9 Å². The summed E-state index contributed by atoms with van der Waals surface area (Å²) in [6.07, 6.45) is 1.73. The van der Waals surface area contributed by atoms with Gasteiger partial charge >= 0.3 is 11.9 Å². The summed E-state index contributed by atoms with van der Waals surface area (Å²) < 4.78 is 67.2. The van der Waals surface area contributed by atoms with Crippen LogP contribution in [0.2, 0.25) is 0 Å². The Morgan fingerprint density at radius 1 is 0.554 bits per heavy atom. The molecule has 0 bridgehead atoms. The van der Waals surface area contributed by atoms with Crippen molar-refractivity contribution in [2.75, 3.05) is 13.1 Å². The molecule has 0 saturated carbocycles. The number of rotatable bonds is 10. The van der Waals surface area contributed by atoms with Gasteiger partial charge in [-0.25, -0.2) is 26.4 Å². The van der Waals surface area contributed by atoms with Crippen molar-refractivity contribution >= 4 is 32.0 Å². The van der Waals surface area contributed by atoms with E-state index in [1.165, 1.54) is 8.61 Å². The van der Waals surface area contributed by atoms with E-state index >= 15 is 0 Å². The molecule has 0 spiro atoms. The Morgan fingerprint density at radius 3 is 1.23 bits per heavy atom. The fraction of sp³-hybridized carbons (Fsp3) is 0.318. The van der Waals surface area contributed by atoms with Crippen LogP contribution in [0.5, 0.6) is 0 Å². The highest BCUT2D eigenvalue weighted by Gasteiger charge is 2.56. The summed E-state index contributed by atoms with van der Waals surface area (Å²) in [5.41, 5.74) is 5.03. The number of nitrogens with zero attached hydrogens (tertiary/aromatic N) is 2. The molecule has 12 heteroatoms. The molecule has 10 nitrogen and oxygen atoms in total. The van der Waals surface area contributed by atoms with Crippen LogP contribution in [0.25, 0.3) is 0 Å². The van der Waals surface area contributed by atoms with Crippen LogP contribution < -0.4 is 0 Å². The lowest BCUT2D eigenvalue weighted by atomic mass is 9.89. The van der Waals surface area contributed by atoms with Crippen molar-refractivity contribution in [3.05, 3.63) is 156 Å². The molecule has 0 unspecified atom stereocenters. The monoisotopic (exact) mass is 794 g/mol. The molecule has 4 saturated heterocycles. The first kappa shape index (κ1) is 39.4. The van der Waals surface area contributed by atoms with Gasteiger partial charge in [-0.2, -0.15) is 8.61 Å². The Labute approximate surface area is 329 Å². The highest BCUT2D eigenvalue weighted by atomic mass is 32.2. The van der Waals surface area contributed by atoms with Crippen LogP contribution in [0.1, 0.15) is 35.1 Å². The Bertz CT molecular complexity index is 2160. The van der Waals surface area contributed by atoms with E-state index in [1.54, 1.807) is 48.5 Å². The molecule has 6 atom stereocenters. The molecule has 4 heterocycles. The second kappa shape index (κ2) is 15.9. The van der Waals surface area contributed by atoms with Crippen LogP contribution in [0.15, 0.2) is 143 Å². The third kappa shape index (κ3) is 7.75. The van der Waals surface area contributed by atoms with E-state index in [9.17, 15) is 26.4 Å². The fourth-order valence-electron chi connectivity index (χ4n) is 8.35. The Hall–Kier alpha value is -4.88. The van der Waals surface area contributed by atoms with Gasteiger partial charge in [-0.1, -0.05) is 109 Å². The lowest BCUT2D eigenvalue weighted by molar-refractivity contribution is -0.139. The molecular weight excluding hydrogens is 749 g/mol. The minimum atomic E-state index is -3.69. The number of fused-ring (bicyclic) bond motifs is 2. The third-order valence-corrected chi connectivity index (χ3v) is 15.1. The van der Waals surface area contributed by atoms with Crippen molar-refractivity contribution in [2.45, 2.75) is 73.6 Å². The predicted molar refractivity (Wildman–Crippen MR) is 212 cm³/mol. The molecule has 4 aliphatic rings. The minimum absolute atomic E-state index is 0.172. The molecule has 4 fully saturated rings. The van der Waals surface area contributed by atoms with Crippen molar-refractivity contribution in [1.82, 2.24) is 8.61 Å². The van der Waals surface area contributed by atoms with E-state index in [-0.39, 0.29) is 46.8 Å². The lowest BCUT2D eigenvalue weighted by Gasteiger charge is -2.27. The average Bonchev–Trinajstić information content (AvgIpc) is 3.90. The van der Waals surface area contributed by atoms with Crippen LogP contribution in [-0.2, 0) is 52.0 Å². The summed E-state index contributed by atoms with van der Waals surface area (Å²) in [5, 5.41) is 0. The van der Waals surface area contributed by atoms with Crippen LogP contribution >= 0.6 is 0 Å². The second-order valence-corrected chi connectivity index (χ2v) is 18.7. The fourth-order valence-corrected chi connectivity index (χ4v) is 11.7. The number of carbonyl (C=O) groups is 2. The largest absolute Gasteiger partial charge is 0.457 e. The van der Waals surface area contributed by atoms with Crippen LogP contribution in [0.4, 0.5) is 0 Å². The zero-order chi connectivity index (χ0) is 39.8. The normalized spacial score (nSPS) is 25.0. The molecule has 56 heavy (non-hydrogen) atoms. The van der Waals surface area contributed by atoms with E-state index in [1.807, 2.05) is 74.5 Å². The smallest absolute Gasteiger partial charge is 0.334 e. The maximum absolute atomic E-state index is 13.3. The molecule has 0 radical (unpaired) electrons. The minimum Gasteiger partial charge on any atom is -0.457 e.